The molecule has 1 amide bonds. The number of hydrogen-bond acceptors (Lipinski definition) is 4. The highest BCUT2D eigenvalue weighted by Gasteiger charge is 2.14. The number of nitriles is 1. The third kappa shape index (κ3) is 3.84. The van der Waals surface area contributed by atoms with Gasteiger partial charge in [-0.1, -0.05) is 0 Å². The summed E-state index contributed by atoms with van der Waals surface area (Å²) < 4.78 is 25.7. The molecule has 6 nitrogen and oxygen atoms in total. The van der Waals surface area contributed by atoms with Crippen molar-refractivity contribution >= 4 is 15.9 Å². The van der Waals surface area contributed by atoms with Gasteiger partial charge in [0.15, 0.2) is 0 Å². The van der Waals surface area contributed by atoms with Crippen molar-refractivity contribution in [2.75, 3.05) is 13.1 Å². The maximum atomic E-state index is 11.8. The van der Waals surface area contributed by atoms with Crippen LogP contribution >= 0.6 is 0 Å². The molecule has 2 N–H and O–H groups in total. The number of nitrogens with zero attached hydrogens (tertiary/aromatic N) is 1. The smallest absolute Gasteiger partial charge is 0.241 e. The molecule has 96 valence electrons. The molecule has 7 heteroatoms. The summed E-state index contributed by atoms with van der Waals surface area (Å²) in [5.74, 6) is -0.394. The molecule has 0 saturated heterocycles. The second-order valence-corrected chi connectivity index (χ2v) is 5.18. The van der Waals surface area contributed by atoms with E-state index in [0.717, 1.165) is 0 Å². The van der Waals surface area contributed by atoms with Crippen LogP contribution in [0.15, 0.2) is 29.2 Å². The van der Waals surface area contributed by atoms with Gasteiger partial charge < -0.3 is 5.32 Å². The van der Waals surface area contributed by atoms with Crippen LogP contribution in [0.25, 0.3) is 0 Å². The molecule has 1 rings (SSSR count). The molecule has 0 saturated carbocycles. The normalized spacial score (nSPS) is 10.7. The molecule has 0 heterocycles. The van der Waals surface area contributed by atoms with E-state index in [1.165, 1.54) is 24.3 Å². The van der Waals surface area contributed by atoms with Gasteiger partial charge in [0.1, 0.15) is 0 Å². The fourth-order valence-corrected chi connectivity index (χ4v) is 2.19. The Labute approximate surface area is 106 Å². The first kappa shape index (κ1) is 14.2. The SMILES string of the molecule is CCNC(=O)CNS(=O)(=O)c1ccc(C#N)cc1. The van der Waals surface area contributed by atoms with Crippen LogP contribution < -0.4 is 10.0 Å². The summed E-state index contributed by atoms with van der Waals surface area (Å²) >= 11 is 0. The average Bonchev–Trinajstić information content (AvgIpc) is 2.37. The fourth-order valence-electron chi connectivity index (χ4n) is 1.21. The number of hydrogen-bond donors (Lipinski definition) is 2. The van der Waals surface area contributed by atoms with E-state index in [2.05, 4.69) is 10.0 Å². The molecule has 0 radical (unpaired) electrons. The van der Waals surface area contributed by atoms with E-state index in [-0.39, 0.29) is 11.4 Å². The van der Waals surface area contributed by atoms with Crippen LogP contribution in [0.1, 0.15) is 12.5 Å². The molecule has 18 heavy (non-hydrogen) atoms. The first-order chi connectivity index (χ1) is 8.49. The first-order valence-corrected chi connectivity index (χ1v) is 6.74. The molecule has 0 unspecified atom stereocenters. The van der Waals surface area contributed by atoms with Crippen molar-refractivity contribution in [2.45, 2.75) is 11.8 Å². The van der Waals surface area contributed by atoms with E-state index in [4.69, 9.17) is 5.26 Å². The molecular weight excluding hydrogens is 254 g/mol. The molecule has 1 aromatic rings. The zero-order chi connectivity index (χ0) is 13.6. The monoisotopic (exact) mass is 267 g/mol. The summed E-state index contributed by atoms with van der Waals surface area (Å²) in [5.41, 5.74) is 0.373. The lowest BCUT2D eigenvalue weighted by Crippen LogP contribution is -2.36. The zero-order valence-corrected chi connectivity index (χ0v) is 10.6. The lowest BCUT2D eigenvalue weighted by molar-refractivity contribution is -0.119. The minimum Gasteiger partial charge on any atom is -0.355 e. The van der Waals surface area contributed by atoms with Gasteiger partial charge in [0.05, 0.1) is 23.1 Å². The summed E-state index contributed by atoms with van der Waals surface area (Å²) in [6.45, 7) is 1.88. The van der Waals surface area contributed by atoms with Crippen molar-refractivity contribution in [2.24, 2.45) is 0 Å². The molecule has 0 bridgehead atoms. The van der Waals surface area contributed by atoms with Gasteiger partial charge >= 0.3 is 0 Å². The van der Waals surface area contributed by atoms with Crippen LogP contribution in [-0.2, 0) is 14.8 Å². The van der Waals surface area contributed by atoms with Crippen molar-refractivity contribution < 1.29 is 13.2 Å². The first-order valence-electron chi connectivity index (χ1n) is 5.26. The molecule has 0 aromatic heterocycles. The number of amides is 1. The van der Waals surface area contributed by atoms with Crippen LogP contribution in [0.4, 0.5) is 0 Å². The average molecular weight is 267 g/mol. The Hall–Kier alpha value is -1.91. The van der Waals surface area contributed by atoms with Gasteiger partial charge in [-0.2, -0.15) is 5.26 Å². The topological polar surface area (TPSA) is 99.1 Å². The van der Waals surface area contributed by atoms with Gasteiger partial charge in [0.25, 0.3) is 0 Å². The Balaban J connectivity index is 2.74. The lowest BCUT2D eigenvalue weighted by Gasteiger charge is -2.06. The van der Waals surface area contributed by atoms with Crippen molar-refractivity contribution in [1.82, 2.24) is 10.0 Å². The summed E-state index contributed by atoms with van der Waals surface area (Å²) in [5, 5.41) is 11.1. The largest absolute Gasteiger partial charge is 0.355 e. The van der Waals surface area contributed by atoms with Crippen molar-refractivity contribution in [3.63, 3.8) is 0 Å². The summed E-state index contributed by atoms with van der Waals surface area (Å²) in [4.78, 5) is 11.2. The molecule has 0 fully saturated rings. The van der Waals surface area contributed by atoms with E-state index in [9.17, 15) is 13.2 Å². The third-order valence-corrected chi connectivity index (χ3v) is 3.51. The van der Waals surface area contributed by atoms with Gasteiger partial charge in [-0.15, -0.1) is 0 Å². The molecule has 0 spiro atoms. The minimum atomic E-state index is -3.72. The Bertz CT molecular complexity index is 558. The van der Waals surface area contributed by atoms with Gasteiger partial charge in [0, 0.05) is 6.54 Å². The number of benzene rings is 1. The number of nitrogens with one attached hydrogen (secondary N) is 2. The van der Waals surface area contributed by atoms with Crippen molar-refractivity contribution in [3.05, 3.63) is 29.8 Å². The number of rotatable bonds is 5. The number of sulfonamides is 1. The molecule has 0 aliphatic carbocycles. The van der Waals surface area contributed by atoms with Gasteiger partial charge in [-0.25, -0.2) is 13.1 Å². The molecule has 0 aliphatic heterocycles. The molecule has 0 atom stereocenters. The van der Waals surface area contributed by atoms with Crippen LogP contribution in [0.3, 0.4) is 0 Å². The van der Waals surface area contributed by atoms with Gasteiger partial charge in [-0.05, 0) is 31.2 Å². The van der Waals surface area contributed by atoms with E-state index < -0.39 is 15.9 Å². The number of carbonyl (C=O) groups excluding carboxylic acids is 1. The standard InChI is InChI=1S/C11H13N3O3S/c1-2-13-11(15)8-14-18(16,17)10-5-3-9(7-12)4-6-10/h3-6,14H,2,8H2,1H3,(H,13,15). The van der Waals surface area contributed by atoms with Crippen LogP contribution in [0.2, 0.25) is 0 Å². The van der Waals surface area contributed by atoms with Gasteiger partial charge in [0.2, 0.25) is 15.9 Å². The Kier molecular flexibility index (Phi) is 4.83. The quantitative estimate of drug-likeness (QED) is 0.782. The third-order valence-electron chi connectivity index (χ3n) is 2.09. The highest BCUT2D eigenvalue weighted by Crippen LogP contribution is 2.09. The predicted octanol–water partition coefficient (Wildman–Crippen LogP) is -0.0273. The minimum absolute atomic E-state index is 0.0193. The van der Waals surface area contributed by atoms with Crippen LogP contribution in [0.5, 0.6) is 0 Å². The lowest BCUT2D eigenvalue weighted by atomic mass is 10.2. The fraction of sp³-hybridized carbons (Fsp3) is 0.273. The maximum Gasteiger partial charge on any atom is 0.241 e. The molecule has 1 aromatic carbocycles. The highest BCUT2D eigenvalue weighted by atomic mass is 32.2. The van der Waals surface area contributed by atoms with Crippen LogP contribution in [-0.4, -0.2) is 27.4 Å². The second-order valence-electron chi connectivity index (χ2n) is 3.41. The summed E-state index contributed by atoms with van der Waals surface area (Å²) in [7, 11) is -3.72. The second kappa shape index (κ2) is 6.14. The van der Waals surface area contributed by atoms with Gasteiger partial charge in [-0.3, -0.25) is 4.79 Å². The highest BCUT2D eigenvalue weighted by molar-refractivity contribution is 7.89. The zero-order valence-electron chi connectivity index (χ0n) is 9.80. The Morgan fingerprint density at radius 2 is 1.94 bits per heavy atom. The van der Waals surface area contributed by atoms with E-state index >= 15 is 0 Å². The van der Waals surface area contributed by atoms with E-state index in [1.807, 2.05) is 6.07 Å². The molecular formula is C11H13N3O3S. The van der Waals surface area contributed by atoms with Crippen molar-refractivity contribution in [1.29, 1.82) is 5.26 Å². The summed E-state index contributed by atoms with van der Waals surface area (Å²) in [6.07, 6.45) is 0. The summed E-state index contributed by atoms with van der Waals surface area (Å²) in [6, 6.07) is 7.34. The van der Waals surface area contributed by atoms with E-state index in [0.29, 0.717) is 12.1 Å². The maximum absolute atomic E-state index is 11.8. The van der Waals surface area contributed by atoms with E-state index in [1.54, 1.807) is 6.92 Å². The Morgan fingerprint density at radius 1 is 1.33 bits per heavy atom. The Morgan fingerprint density at radius 3 is 2.44 bits per heavy atom. The molecule has 0 aliphatic rings. The van der Waals surface area contributed by atoms with Crippen LogP contribution in [0, 0.1) is 11.3 Å². The number of carbonyl (C=O) groups is 1. The number of likely N-dealkylation sites (N-methyl/N-ethyl adjacent to an activating group) is 1. The predicted molar refractivity (Wildman–Crippen MR) is 65.0 cm³/mol. The van der Waals surface area contributed by atoms with Crippen molar-refractivity contribution in [3.8, 4) is 6.07 Å².